The molecule has 0 N–H and O–H groups in total. The molecule has 13 rings (SSSR count). The molecule has 0 aromatic heterocycles. The maximum Gasteiger partial charge on any atom is 0.338 e. The standard InChI is InChI=1S/C95H101N9O30/c1-56(105)115-53-67-73(117-47-59-31-15-7-16-32-59)76(118-48-60-33-17-8-18-34-60)71(100-103-97)92(126-67)131-81-79(120-50-62-37-21-10-22-38-62)85(122-52-64-41-25-12-26-42-64)94(133-83(81)89(110)112-4)130-75-68(54-116-57(2)106)127-93(72(101-104-98)78(75)124-58(3)107)132-82-80(121-51-63-39-23-11-24-40-63)86(128-88(109)66-45-29-14-30-46-66)95(134-84(82)90(111)113-5)129-74-69(55-123-87(108)65-43-27-13-28-44-65)125-91(114-6)70(99-102-96)77(74)119-49-61-35-19-9-20-36-61/h7-46,67-86,91-95H,47-55H2,1-6H3/t67-,68-,69-,70-,71-,72-,73-,74-,75?,76-,77-,78-,79+,80+,81+,82+,83+,84-,85-,86-,91+,92-,93-,94-,95-/m1/s1. The Morgan fingerprint density at radius 2 is 0.582 bits per heavy atom. The van der Waals surface area contributed by atoms with Crippen LogP contribution in [0.3, 0.4) is 0 Å². The summed E-state index contributed by atoms with van der Waals surface area (Å²) < 4.78 is 151. The van der Waals surface area contributed by atoms with Gasteiger partial charge in [-0.05, 0) is 74.2 Å². The van der Waals surface area contributed by atoms with Crippen molar-refractivity contribution in [1.29, 1.82) is 0 Å². The highest BCUT2D eigenvalue weighted by Crippen LogP contribution is 2.43. The number of ether oxygens (including phenoxy) is 23. The summed E-state index contributed by atoms with van der Waals surface area (Å²) in [5.74, 6) is -6.99. The van der Waals surface area contributed by atoms with Gasteiger partial charge in [0, 0.05) is 42.6 Å². The van der Waals surface area contributed by atoms with Gasteiger partial charge in [-0.2, -0.15) is 0 Å². The molecule has 39 nitrogen and oxygen atoms in total. The van der Waals surface area contributed by atoms with E-state index in [0.29, 0.717) is 33.4 Å². The number of rotatable bonds is 42. The second-order valence-corrected chi connectivity index (χ2v) is 31.2. The summed E-state index contributed by atoms with van der Waals surface area (Å²) in [4.78, 5) is 110. The minimum absolute atomic E-state index is 0.0456. The number of hydrogen-bond donors (Lipinski definition) is 0. The second kappa shape index (κ2) is 49.9. The van der Waals surface area contributed by atoms with Gasteiger partial charge >= 0.3 is 41.8 Å². The monoisotopic (exact) mass is 1850 g/mol. The van der Waals surface area contributed by atoms with E-state index in [0.717, 1.165) is 28.1 Å². The fourth-order valence-corrected chi connectivity index (χ4v) is 15.9. The topological polar surface area (TPSA) is 478 Å². The highest BCUT2D eigenvalue weighted by Gasteiger charge is 2.62. The van der Waals surface area contributed by atoms with Gasteiger partial charge in [0.2, 0.25) is 0 Å². The van der Waals surface area contributed by atoms with E-state index in [4.69, 9.17) is 109 Å². The quantitative estimate of drug-likeness (QED) is 0.0113. The average molecular weight is 1850 g/mol. The molecule has 5 aliphatic rings. The lowest BCUT2D eigenvalue weighted by Crippen LogP contribution is -2.69. The van der Waals surface area contributed by atoms with E-state index in [1.165, 1.54) is 38.3 Å². The third-order valence-corrected chi connectivity index (χ3v) is 22.2. The van der Waals surface area contributed by atoms with E-state index in [1.807, 2.05) is 36.4 Å². The number of carbonyl (C=O) groups is 7. The van der Waals surface area contributed by atoms with Crippen molar-refractivity contribution in [3.63, 3.8) is 0 Å². The highest BCUT2D eigenvalue weighted by molar-refractivity contribution is 5.90. The van der Waals surface area contributed by atoms with E-state index < -0.39 is 222 Å². The van der Waals surface area contributed by atoms with Gasteiger partial charge in [-0.25, -0.2) is 19.2 Å². The summed E-state index contributed by atoms with van der Waals surface area (Å²) in [5.41, 5.74) is 35.7. The minimum atomic E-state index is -2.20. The van der Waals surface area contributed by atoms with Crippen LogP contribution in [-0.2, 0) is 173 Å². The summed E-state index contributed by atoms with van der Waals surface area (Å²) in [5, 5.41) is 12.5. The van der Waals surface area contributed by atoms with Crippen molar-refractivity contribution < 1.29 is 143 Å². The largest absolute Gasteiger partial charge is 0.467 e. The minimum Gasteiger partial charge on any atom is -0.467 e. The SMILES string of the molecule is COC(=O)[C@H]1O[C@@H](OC2[C@@H](COC(C)=O)O[C@H](O[C@H]3[C@H](OCc4ccccc4)[C@@H](OC(=O)c4ccccc4)[C@H](O[C@H]4[C@H](OCc5ccccc5)[C@@H](N=[N+]=[N-])[C@@H](OC)O[C@@H]4COC(=O)c4ccccc4)O[C@H]3C(=O)OC)[C@H](N=[N+]=[N-])[C@H]2OC(C)=O)[C@H](OCc2ccccc2)[C@@H](OCc2ccccc2)[C@@H]1O[C@H]1O[C@H](COC(C)=O)[C@@H](OCc2ccccc2)[C@H](OCc2ccccc2)[C@H]1N=[N+]=[N-]. The Hall–Kier alpha value is -12.7. The fraction of sp³-hybridized carbons (Fsp3) is 0.421. The lowest BCUT2D eigenvalue weighted by atomic mass is 9.93. The van der Waals surface area contributed by atoms with Gasteiger partial charge in [0.05, 0.1) is 65.0 Å². The molecule has 0 spiro atoms. The Labute approximate surface area is 769 Å². The summed E-state index contributed by atoms with van der Waals surface area (Å²) in [6.07, 6.45) is -39.5. The molecule has 0 bridgehead atoms. The highest BCUT2D eigenvalue weighted by atomic mass is 16.8. The Kier molecular flexibility index (Phi) is 36.8. The average Bonchev–Trinajstić information content (AvgIpc) is 0.750. The molecule has 0 aliphatic carbocycles. The molecule has 25 atom stereocenters. The van der Waals surface area contributed by atoms with E-state index in [9.17, 15) is 35.8 Å². The molecule has 0 radical (unpaired) electrons. The third kappa shape index (κ3) is 26.5. The van der Waals surface area contributed by atoms with Gasteiger partial charge in [-0.15, -0.1) is 0 Å². The van der Waals surface area contributed by atoms with Gasteiger partial charge < -0.3 is 109 Å². The van der Waals surface area contributed by atoms with Crippen LogP contribution in [-0.4, -0.2) is 236 Å². The Morgan fingerprint density at radius 3 is 0.948 bits per heavy atom. The van der Waals surface area contributed by atoms with Gasteiger partial charge in [-0.1, -0.05) is 234 Å². The molecule has 1 unspecified atom stereocenters. The summed E-state index contributed by atoms with van der Waals surface area (Å²) in [7, 11) is 3.33. The Balaban J connectivity index is 0.918. The number of azide groups is 3. The van der Waals surface area contributed by atoms with E-state index in [-0.39, 0.29) is 44.2 Å². The van der Waals surface area contributed by atoms with Crippen LogP contribution in [0, 0.1) is 0 Å². The molecule has 0 saturated carbocycles. The van der Waals surface area contributed by atoms with Gasteiger partial charge in [0.25, 0.3) is 0 Å². The van der Waals surface area contributed by atoms with Crippen molar-refractivity contribution >= 4 is 41.8 Å². The third-order valence-electron chi connectivity index (χ3n) is 22.2. The summed E-state index contributed by atoms with van der Waals surface area (Å²) in [6, 6.07) is 63.4. The van der Waals surface area contributed by atoms with Crippen LogP contribution in [0.15, 0.2) is 258 Å². The van der Waals surface area contributed by atoms with Crippen molar-refractivity contribution in [2.24, 2.45) is 15.3 Å². The lowest BCUT2D eigenvalue weighted by Gasteiger charge is -2.51. The second-order valence-electron chi connectivity index (χ2n) is 31.2. The van der Waals surface area contributed by atoms with Crippen LogP contribution < -0.4 is 0 Å². The van der Waals surface area contributed by atoms with Crippen molar-refractivity contribution in [3.8, 4) is 0 Å². The predicted molar refractivity (Wildman–Crippen MR) is 464 cm³/mol. The zero-order chi connectivity index (χ0) is 94.2. The number of methoxy groups -OCH3 is 3. The van der Waals surface area contributed by atoms with Crippen molar-refractivity contribution in [2.75, 3.05) is 41.2 Å². The summed E-state index contributed by atoms with van der Waals surface area (Å²) in [6.45, 7) is -0.129. The first-order valence-electron chi connectivity index (χ1n) is 42.9. The molecule has 5 heterocycles. The molecule has 8 aromatic carbocycles. The first-order valence-corrected chi connectivity index (χ1v) is 42.9. The number of benzene rings is 8. The van der Waals surface area contributed by atoms with E-state index in [1.54, 1.807) is 182 Å². The molecule has 5 saturated heterocycles. The van der Waals surface area contributed by atoms with Crippen LogP contribution in [0.25, 0.3) is 31.3 Å². The van der Waals surface area contributed by atoms with Crippen LogP contribution >= 0.6 is 0 Å². The van der Waals surface area contributed by atoms with Crippen LogP contribution in [0.5, 0.6) is 0 Å². The lowest BCUT2D eigenvalue weighted by molar-refractivity contribution is -0.382. The van der Waals surface area contributed by atoms with Gasteiger partial charge in [0.15, 0.2) is 49.8 Å². The molecule has 8 aromatic rings. The molecule has 134 heavy (non-hydrogen) atoms. The molecule has 706 valence electrons. The number of carbonyl (C=O) groups excluding carboxylic acids is 7. The number of hydrogen-bond acceptors (Lipinski definition) is 33. The van der Waals surface area contributed by atoms with Crippen molar-refractivity contribution in [3.05, 3.63) is 318 Å². The van der Waals surface area contributed by atoms with Crippen LogP contribution in [0.2, 0.25) is 0 Å². The summed E-state index contributed by atoms with van der Waals surface area (Å²) >= 11 is 0. The van der Waals surface area contributed by atoms with Crippen LogP contribution in [0.4, 0.5) is 0 Å². The predicted octanol–water partition coefficient (Wildman–Crippen LogP) is 11.8. The first kappa shape index (κ1) is 98.8. The zero-order valence-electron chi connectivity index (χ0n) is 73.7. The Bertz CT molecular complexity index is 5240. The molecule has 5 fully saturated rings. The van der Waals surface area contributed by atoms with Crippen molar-refractivity contribution in [2.45, 2.75) is 214 Å². The van der Waals surface area contributed by atoms with E-state index in [2.05, 4.69) is 30.1 Å². The van der Waals surface area contributed by atoms with Crippen molar-refractivity contribution in [1.82, 2.24) is 0 Å². The van der Waals surface area contributed by atoms with E-state index >= 15 is 14.4 Å². The molecule has 39 heteroatoms. The molecule has 5 aliphatic heterocycles. The molecule has 0 amide bonds. The normalized spacial score (nSPS) is 28.2. The first-order chi connectivity index (χ1) is 65.3. The Morgan fingerprint density at radius 1 is 0.291 bits per heavy atom. The van der Waals surface area contributed by atoms with Gasteiger partial charge in [-0.3, -0.25) is 14.4 Å². The zero-order valence-corrected chi connectivity index (χ0v) is 73.7. The van der Waals surface area contributed by atoms with Crippen LogP contribution in [0.1, 0.15) is 74.9 Å². The smallest absolute Gasteiger partial charge is 0.338 e. The number of nitrogens with zero attached hydrogens (tertiary/aromatic N) is 9. The fourth-order valence-electron chi connectivity index (χ4n) is 15.9. The maximum atomic E-state index is 15.3. The maximum absolute atomic E-state index is 15.3. The number of esters is 7. The molecular formula is C95H101N9O30. The molecular weight excluding hydrogens is 1750 g/mol. The van der Waals surface area contributed by atoms with Gasteiger partial charge in [0.1, 0.15) is 123 Å².